The van der Waals surface area contributed by atoms with Crippen molar-refractivity contribution in [3.05, 3.63) is 22.9 Å². The molecule has 0 bridgehead atoms. The molecule has 2 N–H and O–H groups in total. The Morgan fingerprint density at radius 3 is 2.60 bits per heavy atom. The molecule has 1 heterocycles. The zero-order chi connectivity index (χ0) is 15.1. The van der Waals surface area contributed by atoms with E-state index in [-0.39, 0.29) is 5.41 Å². The highest BCUT2D eigenvalue weighted by molar-refractivity contribution is 7.80. The van der Waals surface area contributed by atoms with Gasteiger partial charge in [-0.05, 0) is 43.2 Å². The molecule has 0 aromatic carbocycles. The Hall–Kier alpha value is -1.16. The third-order valence-corrected chi connectivity index (χ3v) is 4.68. The third kappa shape index (κ3) is 2.80. The van der Waals surface area contributed by atoms with Crippen molar-refractivity contribution in [2.45, 2.75) is 53.0 Å². The number of pyridine rings is 1. The molecule has 20 heavy (non-hydrogen) atoms. The van der Waals surface area contributed by atoms with Crippen LogP contribution < -0.4 is 10.6 Å². The van der Waals surface area contributed by atoms with Crippen molar-refractivity contribution in [3.63, 3.8) is 0 Å². The molecule has 0 saturated heterocycles. The summed E-state index contributed by atoms with van der Waals surface area (Å²) >= 11 is 5.23. The van der Waals surface area contributed by atoms with Gasteiger partial charge in [0.2, 0.25) is 0 Å². The lowest BCUT2D eigenvalue weighted by atomic mass is 9.87. The van der Waals surface area contributed by atoms with Crippen LogP contribution in [0.5, 0.6) is 0 Å². The van der Waals surface area contributed by atoms with Crippen LogP contribution in [-0.4, -0.2) is 23.1 Å². The number of nitrogens with zero attached hydrogens (tertiary/aromatic N) is 2. The molecule has 1 aliphatic carbocycles. The van der Waals surface area contributed by atoms with Crippen LogP contribution in [0.2, 0.25) is 0 Å². The van der Waals surface area contributed by atoms with Gasteiger partial charge in [0.1, 0.15) is 10.8 Å². The molecular weight excluding hydrogens is 266 g/mol. The van der Waals surface area contributed by atoms with E-state index in [9.17, 15) is 0 Å². The average Bonchev–Trinajstić information content (AvgIpc) is 2.81. The first-order chi connectivity index (χ1) is 9.21. The van der Waals surface area contributed by atoms with Crippen molar-refractivity contribution >= 4 is 23.0 Å². The smallest absolute Gasteiger partial charge is 0.139 e. The van der Waals surface area contributed by atoms with Crippen molar-refractivity contribution in [1.29, 1.82) is 0 Å². The molecule has 0 fully saturated rings. The van der Waals surface area contributed by atoms with Crippen molar-refractivity contribution in [2.24, 2.45) is 11.1 Å². The molecule has 2 rings (SSSR count). The van der Waals surface area contributed by atoms with Gasteiger partial charge >= 0.3 is 0 Å². The molecule has 1 atom stereocenters. The SMILES string of the molecule is CC(N(C)c1nc2c(cc1C(N)=S)CCC2)C(C)(C)C. The van der Waals surface area contributed by atoms with Gasteiger partial charge in [0.15, 0.2) is 0 Å². The monoisotopic (exact) mass is 291 g/mol. The average molecular weight is 291 g/mol. The number of aromatic nitrogens is 1. The summed E-state index contributed by atoms with van der Waals surface area (Å²) in [6.07, 6.45) is 3.34. The van der Waals surface area contributed by atoms with Crippen molar-refractivity contribution in [1.82, 2.24) is 4.98 Å². The number of rotatable bonds is 3. The lowest BCUT2D eigenvalue weighted by Gasteiger charge is -2.37. The number of aryl methyl sites for hydroxylation is 2. The summed E-state index contributed by atoms with van der Waals surface area (Å²) in [5, 5.41) is 0. The summed E-state index contributed by atoms with van der Waals surface area (Å²) in [4.78, 5) is 7.52. The van der Waals surface area contributed by atoms with Gasteiger partial charge in [-0.2, -0.15) is 0 Å². The fourth-order valence-corrected chi connectivity index (χ4v) is 2.83. The van der Waals surface area contributed by atoms with E-state index in [1.54, 1.807) is 0 Å². The van der Waals surface area contributed by atoms with E-state index in [0.29, 0.717) is 11.0 Å². The molecule has 0 saturated carbocycles. The Kier molecular flexibility index (Phi) is 4.05. The lowest BCUT2D eigenvalue weighted by molar-refractivity contribution is 0.328. The van der Waals surface area contributed by atoms with E-state index in [4.69, 9.17) is 22.9 Å². The van der Waals surface area contributed by atoms with Crippen molar-refractivity contribution in [3.8, 4) is 0 Å². The summed E-state index contributed by atoms with van der Waals surface area (Å²) in [6, 6.07) is 2.50. The molecule has 0 amide bonds. The molecule has 1 aromatic rings. The molecule has 0 aliphatic heterocycles. The first-order valence-corrected chi connectivity index (χ1v) is 7.68. The highest BCUT2D eigenvalue weighted by Crippen LogP contribution is 2.31. The maximum atomic E-state index is 5.92. The van der Waals surface area contributed by atoms with Crippen LogP contribution in [0.25, 0.3) is 0 Å². The Bertz CT molecular complexity index is 531. The molecule has 0 radical (unpaired) electrons. The van der Waals surface area contributed by atoms with Gasteiger partial charge in [0.05, 0.1) is 5.56 Å². The summed E-state index contributed by atoms with van der Waals surface area (Å²) in [6.45, 7) is 8.93. The standard InChI is InChI=1S/C16H25N3S/c1-10(16(2,3)4)19(5)15-12(14(17)20)9-11-7-6-8-13(11)18-15/h9-10H,6-8H2,1-5H3,(H2,17,20). The minimum Gasteiger partial charge on any atom is -0.389 e. The van der Waals surface area contributed by atoms with Crippen LogP contribution in [-0.2, 0) is 12.8 Å². The van der Waals surface area contributed by atoms with E-state index in [1.807, 2.05) is 0 Å². The predicted molar refractivity (Wildman–Crippen MR) is 89.5 cm³/mol. The summed E-state index contributed by atoms with van der Waals surface area (Å²) < 4.78 is 0. The quantitative estimate of drug-likeness (QED) is 0.869. The number of fused-ring (bicyclic) bond motifs is 1. The number of nitrogens with two attached hydrogens (primary N) is 1. The van der Waals surface area contributed by atoms with Crippen molar-refractivity contribution in [2.75, 3.05) is 11.9 Å². The van der Waals surface area contributed by atoms with Gasteiger partial charge in [0, 0.05) is 18.8 Å². The molecule has 1 unspecified atom stereocenters. The Balaban J connectivity index is 2.47. The zero-order valence-electron chi connectivity index (χ0n) is 13.2. The number of hydrogen-bond donors (Lipinski definition) is 1. The maximum absolute atomic E-state index is 5.92. The minimum atomic E-state index is 0.170. The van der Waals surface area contributed by atoms with Gasteiger partial charge in [-0.3, -0.25) is 0 Å². The van der Waals surface area contributed by atoms with E-state index >= 15 is 0 Å². The van der Waals surface area contributed by atoms with Crippen LogP contribution in [0, 0.1) is 5.41 Å². The first-order valence-electron chi connectivity index (χ1n) is 7.27. The van der Waals surface area contributed by atoms with Gasteiger partial charge in [-0.1, -0.05) is 33.0 Å². The highest BCUT2D eigenvalue weighted by atomic mass is 32.1. The largest absolute Gasteiger partial charge is 0.389 e. The molecular formula is C16H25N3S. The fourth-order valence-electron chi connectivity index (χ4n) is 2.68. The summed E-state index contributed by atoms with van der Waals surface area (Å²) in [5.41, 5.74) is 9.53. The Morgan fingerprint density at radius 2 is 2.05 bits per heavy atom. The van der Waals surface area contributed by atoms with Gasteiger partial charge in [-0.15, -0.1) is 0 Å². The number of thiocarbonyl (C=S) groups is 1. The summed E-state index contributed by atoms with van der Waals surface area (Å²) in [5.74, 6) is 0.931. The second-order valence-corrected chi connectivity index (χ2v) is 7.28. The van der Waals surface area contributed by atoms with E-state index < -0.39 is 0 Å². The highest BCUT2D eigenvalue weighted by Gasteiger charge is 2.28. The lowest BCUT2D eigenvalue weighted by Crippen LogP contribution is -2.41. The van der Waals surface area contributed by atoms with Crippen LogP contribution >= 0.6 is 12.2 Å². The number of hydrogen-bond acceptors (Lipinski definition) is 3. The fraction of sp³-hybridized carbons (Fsp3) is 0.625. The van der Waals surface area contributed by atoms with Gasteiger partial charge in [-0.25, -0.2) is 4.98 Å². The van der Waals surface area contributed by atoms with Gasteiger partial charge < -0.3 is 10.6 Å². The zero-order valence-corrected chi connectivity index (χ0v) is 14.0. The summed E-state index contributed by atoms with van der Waals surface area (Å²) in [7, 11) is 2.08. The Morgan fingerprint density at radius 1 is 1.40 bits per heavy atom. The second kappa shape index (κ2) is 5.32. The first kappa shape index (κ1) is 15.2. The second-order valence-electron chi connectivity index (χ2n) is 6.84. The van der Waals surface area contributed by atoms with Crippen LogP contribution in [0.15, 0.2) is 6.07 Å². The van der Waals surface area contributed by atoms with Crippen LogP contribution in [0.3, 0.4) is 0 Å². The van der Waals surface area contributed by atoms with Gasteiger partial charge in [0.25, 0.3) is 0 Å². The van der Waals surface area contributed by atoms with Crippen LogP contribution in [0.4, 0.5) is 5.82 Å². The topological polar surface area (TPSA) is 42.2 Å². The minimum absolute atomic E-state index is 0.170. The maximum Gasteiger partial charge on any atom is 0.139 e. The molecule has 1 aliphatic rings. The third-order valence-electron chi connectivity index (χ3n) is 4.46. The van der Waals surface area contributed by atoms with E-state index in [0.717, 1.165) is 24.2 Å². The van der Waals surface area contributed by atoms with E-state index in [1.165, 1.54) is 17.7 Å². The normalized spacial score (nSPS) is 15.8. The van der Waals surface area contributed by atoms with Crippen LogP contribution in [0.1, 0.15) is 50.9 Å². The molecule has 4 heteroatoms. The number of anilines is 1. The van der Waals surface area contributed by atoms with Crippen molar-refractivity contribution < 1.29 is 0 Å². The predicted octanol–water partition coefficient (Wildman–Crippen LogP) is 3.08. The Labute approximate surface area is 127 Å². The molecule has 0 spiro atoms. The molecule has 110 valence electrons. The van der Waals surface area contributed by atoms with E-state index in [2.05, 4.69) is 45.7 Å². The molecule has 1 aromatic heterocycles. The molecule has 3 nitrogen and oxygen atoms in total.